The van der Waals surface area contributed by atoms with Crippen molar-refractivity contribution >= 4 is 15.9 Å². The molecule has 1 fully saturated rings. The first-order chi connectivity index (χ1) is 10.3. The average molecular weight is 326 g/mol. The van der Waals surface area contributed by atoms with Crippen molar-refractivity contribution in [3.8, 4) is 0 Å². The van der Waals surface area contributed by atoms with Gasteiger partial charge in [0.15, 0.2) is 9.84 Å². The summed E-state index contributed by atoms with van der Waals surface area (Å²) in [5, 5.41) is 15.1. The second-order valence-corrected chi connectivity index (χ2v) is 7.76. The van der Waals surface area contributed by atoms with Crippen molar-refractivity contribution in [1.29, 1.82) is 0 Å². The van der Waals surface area contributed by atoms with Crippen LogP contribution in [0.4, 0.5) is 4.79 Å². The van der Waals surface area contributed by atoms with E-state index in [1.165, 1.54) is 12.1 Å². The van der Waals surface area contributed by atoms with Gasteiger partial charge in [-0.2, -0.15) is 0 Å². The third kappa shape index (κ3) is 4.99. The molecule has 1 aromatic rings. The van der Waals surface area contributed by atoms with Crippen LogP contribution in [-0.2, 0) is 16.4 Å². The molecule has 1 aliphatic carbocycles. The van der Waals surface area contributed by atoms with Crippen LogP contribution < -0.4 is 10.6 Å². The van der Waals surface area contributed by atoms with Gasteiger partial charge in [0.25, 0.3) is 0 Å². The van der Waals surface area contributed by atoms with Gasteiger partial charge >= 0.3 is 6.03 Å². The summed E-state index contributed by atoms with van der Waals surface area (Å²) in [5.41, 5.74) is 0.835. The highest BCUT2D eigenvalue weighted by molar-refractivity contribution is 7.90. The SMILES string of the molecule is CS(=O)(=O)c1ccc(CNC(=O)NC2CCC(O)CC2)cc1. The summed E-state index contributed by atoms with van der Waals surface area (Å²) in [6.07, 6.45) is 3.94. The normalized spacial score (nSPS) is 22.1. The summed E-state index contributed by atoms with van der Waals surface area (Å²) in [7, 11) is -3.19. The summed E-state index contributed by atoms with van der Waals surface area (Å²) < 4.78 is 22.7. The van der Waals surface area contributed by atoms with Crippen LogP contribution in [0.5, 0.6) is 0 Å². The minimum atomic E-state index is -3.19. The molecule has 0 radical (unpaired) electrons. The fraction of sp³-hybridized carbons (Fsp3) is 0.533. The number of urea groups is 1. The van der Waals surface area contributed by atoms with Crippen molar-refractivity contribution in [2.24, 2.45) is 0 Å². The number of hydrogen-bond donors (Lipinski definition) is 3. The lowest BCUT2D eigenvalue weighted by Crippen LogP contribution is -2.43. The lowest BCUT2D eigenvalue weighted by molar-refractivity contribution is 0.117. The molecule has 0 atom stereocenters. The highest BCUT2D eigenvalue weighted by Crippen LogP contribution is 2.18. The topological polar surface area (TPSA) is 95.5 Å². The van der Waals surface area contributed by atoms with Crippen LogP contribution in [0.25, 0.3) is 0 Å². The Bertz CT molecular complexity index is 605. The van der Waals surface area contributed by atoms with Crippen LogP contribution in [0, 0.1) is 0 Å². The number of carbonyl (C=O) groups is 1. The van der Waals surface area contributed by atoms with Crippen LogP contribution in [-0.4, -0.2) is 38.0 Å². The van der Waals surface area contributed by atoms with E-state index in [1.54, 1.807) is 12.1 Å². The van der Waals surface area contributed by atoms with Crippen LogP contribution in [0.1, 0.15) is 31.2 Å². The largest absolute Gasteiger partial charge is 0.393 e. The molecule has 122 valence electrons. The minimum Gasteiger partial charge on any atom is -0.393 e. The Kier molecular flexibility index (Phi) is 5.42. The molecule has 0 saturated heterocycles. The zero-order chi connectivity index (χ0) is 16.2. The standard InChI is InChI=1S/C15H22N2O4S/c1-22(20,21)14-8-2-11(3-9-14)10-16-15(19)17-12-4-6-13(18)7-5-12/h2-3,8-9,12-13,18H,4-7,10H2,1H3,(H2,16,17,19). The number of rotatable bonds is 4. The summed E-state index contributed by atoms with van der Waals surface area (Å²) in [4.78, 5) is 12.1. The molecule has 6 nitrogen and oxygen atoms in total. The van der Waals surface area contributed by atoms with Gasteiger partial charge in [-0.15, -0.1) is 0 Å². The Morgan fingerprint density at radius 1 is 1.18 bits per heavy atom. The monoisotopic (exact) mass is 326 g/mol. The van der Waals surface area contributed by atoms with Gasteiger partial charge in [0.2, 0.25) is 0 Å². The Labute approximate surface area is 130 Å². The summed E-state index contributed by atoms with van der Waals surface area (Å²) in [5.74, 6) is 0. The van der Waals surface area contributed by atoms with Gasteiger partial charge in [-0.25, -0.2) is 13.2 Å². The molecule has 2 amide bonds. The average Bonchev–Trinajstić information content (AvgIpc) is 2.47. The smallest absolute Gasteiger partial charge is 0.315 e. The molecule has 0 aliphatic heterocycles. The lowest BCUT2D eigenvalue weighted by atomic mass is 9.93. The quantitative estimate of drug-likeness (QED) is 0.774. The maximum Gasteiger partial charge on any atom is 0.315 e. The van der Waals surface area contributed by atoms with E-state index in [0.717, 1.165) is 37.5 Å². The van der Waals surface area contributed by atoms with E-state index >= 15 is 0 Å². The second-order valence-electron chi connectivity index (χ2n) is 5.75. The van der Waals surface area contributed by atoms with E-state index in [0.29, 0.717) is 6.54 Å². The van der Waals surface area contributed by atoms with E-state index in [2.05, 4.69) is 10.6 Å². The van der Waals surface area contributed by atoms with Crippen molar-refractivity contribution in [3.63, 3.8) is 0 Å². The van der Waals surface area contributed by atoms with Gasteiger partial charge in [-0.3, -0.25) is 0 Å². The first-order valence-corrected chi connectivity index (χ1v) is 9.25. The Hall–Kier alpha value is -1.60. The Balaban J connectivity index is 1.79. The van der Waals surface area contributed by atoms with E-state index < -0.39 is 9.84 Å². The summed E-state index contributed by atoms with van der Waals surface area (Å²) in [6, 6.07) is 6.31. The van der Waals surface area contributed by atoms with Crippen LogP contribution in [0.3, 0.4) is 0 Å². The predicted octanol–water partition coefficient (Wildman–Crippen LogP) is 1.19. The van der Waals surface area contributed by atoms with Gasteiger partial charge in [-0.1, -0.05) is 12.1 Å². The third-order valence-electron chi connectivity index (χ3n) is 3.84. The van der Waals surface area contributed by atoms with E-state index in [-0.39, 0.29) is 23.1 Å². The van der Waals surface area contributed by atoms with Crippen LogP contribution >= 0.6 is 0 Å². The van der Waals surface area contributed by atoms with Crippen molar-refractivity contribution in [3.05, 3.63) is 29.8 Å². The number of nitrogens with one attached hydrogen (secondary N) is 2. The highest BCUT2D eigenvalue weighted by Gasteiger charge is 2.20. The predicted molar refractivity (Wildman–Crippen MR) is 83.2 cm³/mol. The van der Waals surface area contributed by atoms with E-state index in [1.807, 2.05) is 0 Å². The van der Waals surface area contributed by atoms with Crippen molar-refractivity contribution in [2.45, 2.75) is 49.3 Å². The molecule has 0 aromatic heterocycles. The molecule has 0 bridgehead atoms. The molecule has 1 saturated carbocycles. The number of sulfone groups is 1. The maximum atomic E-state index is 11.8. The van der Waals surface area contributed by atoms with E-state index in [4.69, 9.17) is 0 Å². The zero-order valence-electron chi connectivity index (χ0n) is 12.6. The molecule has 1 aromatic carbocycles. The molecule has 22 heavy (non-hydrogen) atoms. The van der Waals surface area contributed by atoms with Gasteiger partial charge < -0.3 is 15.7 Å². The van der Waals surface area contributed by atoms with Gasteiger partial charge in [0, 0.05) is 18.8 Å². The number of benzene rings is 1. The molecule has 0 heterocycles. The first-order valence-electron chi connectivity index (χ1n) is 7.36. The minimum absolute atomic E-state index is 0.107. The lowest BCUT2D eigenvalue weighted by Gasteiger charge is -2.26. The number of aliphatic hydroxyl groups excluding tert-OH is 1. The fourth-order valence-electron chi connectivity index (χ4n) is 2.49. The number of carbonyl (C=O) groups excluding carboxylic acids is 1. The molecule has 7 heteroatoms. The number of hydrogen-bond acceptors (Lipinski definition) is 4. The zero-order valence-corrected chi connectivity index (χ0v) is 13.4. The first kappa shape index (κ1) is 16.8. The molecular formula is C15H22N2O4S. The summed E-state index contributed by atoms with van der Waals surface area (Å²) in [6.45, 7) is 0.339. The maximum absolute atomic E-state index is 11.8. The Morgan fingerprint density at radius 3 is 2.32 bits per heavy atom. The summed E-state index contributed by atoms with van der Waals surface area (Å²) >= 11 is 0. The van der Waals surface area contributed by atoms with Crippen LogP contribution in [0.2, 0.25) is 0 Å². The third-order valence-corrected chi connectivity index (χ3v) is 4.96. The highest BCUT2D eigenvalue weighted by atomic mass is 32.2. The van der Waals surface area contributed by atoms with Crippen molar-refractivity contribution in [2.75, 3.05) is 6.26 Å². The van der Waals surface area contributed by atoms with Gasteiger partial charge in [0.1, 0.15) is 0 Å². The van der Waals surface area contributed by atoms with Crippen molar-refractivity contribution in [1.82, 2.24) is 10.6 Å². The molecule has 2 rings (SSSR count). The van der Waals surface area contributed by atoms with Gasteiger partial charge in [0.05, 0.1) is 11.0 Å². The Morgan fingerprint density at radius 2 is 1.77 bits per heavy atom. The number of amides is 2. The molecule has 1 aliphatic rings. The molecule has 0 unspecified atom stereocenters. The van der Waals surface area contributed by atoms with E-state index in [9.17, 15) is 18.3 Å². The van der Waals surface area contributed by atoms with Crippen molar-refractivity contribution < 1.29 is 18.3 Å². The molecule has 3 N–H and O–H groups in total. The number of aliphatic hydroxyl groups is 1. The van der Waals surface area contributed by atoms with Gasteiger partial charge in [-0.05, 0) is 43.4 Å². The van der Waals surface area contributed by atoms with Crippen LogP contribution in [0.15, 0.2) is 29.2 Å². The molecule has 0 spiro atoms. The molecular weight excluding hydrogens is 304 g/mol. The fourth-order valence-corrected chi connectivity index (χ4v) is 3.12. The second kappa shape index (κ2) is 7.11.